The lowest BCUT2D eigenvalue weighted by Crippen LogP contribution is -2.67. The van der Waals surface area contributed by atoms with Gasteiger partial charge in [0.25, 0.3) is 5.91 Å². The number of hydrogen-bond acceptors (Lipinski definition) is 7. The molecule has 9 nitrogen and oxygen atoms in total. The number of rotatable bonds is 4. The Morgan fingerprint density at radius 2 is 2.20 bits per heavy atom. The Morgan fingerprint density at radius 1 is 1.40 bits per heavy atom. The minimum absolute atomic E-state index is 0.0262. The third-order valence-corrected chi connectivity index (χ3v) is 7.29. The van der Waals surface area contributed by atoms with Crippen LogP contribution in [0.5, 0.6) is 0 Å². The molecule has 5 unspecified atom stereocenters. The van der Waals surface area contributed by atoms with E-state index in [1.54, 1.807) is 4.68 Å². The monoisotopic (exact) mass is 438 g/mol. The van der Waals surface area contributed by atoms with E-state index < -0.39 is 0 Å². The number of nitrogens with zero attached hydrogens (tertiary/aromatic N) is 3. The number of nitrogens with two attached hydrogens (primary N) is 2. The number of amides is 1. The average Bonchev–Trinajstić information content (AvgIpc) is 3.04. The molecule has 3 aliphatic rings. The fourth-order valence-electron chi connectivity index (χ4n) is 5.03. The van der Waals surface area contributed by atoms with E-state index in [1.807, 2.05) is 0 Å². The van der Waals surface area contributed by atoms with Gasteiger partial charge in [-0.1, -0.05) is 6.92 Å². The molecular formula is C20H35ClN8O. The van der Waals surface area contributed by atoms with Crippen LogP contribution in [-0.2, 0) is 6.54 Å². The maximum atomic E-state index is 13.3. The number of hydrogen-bond donors (Lipinski definition) is 5. The Kier molecular flexibility index (Phi) is 6.16. The van der Waals surface area contributed by atoms with Gasteiger partial charge >= 0.3 is 0 Å². The first-order valence-electron chi connectivity index (χ1n) is 11.1. The van der Waals surface area contributed by atoms with Crippen molar-refractivity contribution in [3.63, 3.8) is 0 Å². The van der Waals surface area contributed by atoms with Gasteiger partial charge in [0.2, 0.25) is 0 Å². The predicted molar refractivity (Wildman–Crippen MR) is 120 cm³/mol. The summed E-state index contributed by atoms with van der Waals surface area (Å²) in [4.78, 5) is 15.8. The number of piperidine rings is 2. The van der Waals surface area contributed by atoms with Crippen molar-refractivity contribution in [2.75, 3.05) is 37.2 Å². The number of likely N-dealkylation sites (tertiary alicyclic amines) is 1. The molecule has 5 atom stereocenters. The highest BCUT2D eigenvalue weighted by Crippen LogP contribution is 2.30. The third-order valence-electron chi connectivity index (χ3n) is 7.00. The Labute approximate surface area is 183 Å². The predicted octanol–water partition coefficient (Wildman–Crippen LogP) is 0.550. The number of halogens is 1. The molecule has 10 heteroatoms. The molecule has 0 saturated carbocycles. The van der Waals surface area contributed by atoms with Crippen molar-refractivity contribution >= 4 is 29.1 Å². The number of carbonyl (C=O) groups excluding carboxylic acids is 1. The number of aromatic nitrogens is 2. The van der Waals surface area contributed by atoms with E-state index in [-0.39, 0.29) is 40.8 Å². The summed E-state index contributed by atoms with van der Waals surface area (Å²) in [6.07, 6.45) is 4.17. The SMILES string of the molecule is CCC1(C)CC(N2CCCC(N)C2)C(NC(=O)c2c(N)nn3c2NCC(Cl)C3)CN1. The van der Waals surface area contributed by atoms with Gasteiger partial charge in [-0.3, -0.25) is 9.69 Å². The van der Waals surface area contributed by atoms with Crippen LogP contribution in [0.15, 0.2) is 0 Å². The lowest BCUT2D eigenvalue weighted by atomic mass is 9.81. The maximum absolute atomic E-state index is 13.3. The van der Waals surface area contributed by atoms with Crippen LogP contribution in [-0.4, -0.2) is 75.8 Å². The highest BCUT2D eigenvalue weighted by molar-refractivity contribution is 6.21. The van der Waals surface area contributed by atoms with Gasteiger partial charge in [-0.05, 0) is 39.2 Å². The van der Waals surface area contributed by atoms with Crippen molar-refractivity contribution in [3.05, 3.63) is 5.56 Å². The van der Waals surface area contributed by atoms with Gasteiger partial charge in [0.15, 0.2) is 5.82 Å². The second-order valence-electron chi connectivity index (χ2n) is 9.31. The van der Waals surface area contributed by atoms with Crippen molar-refractivity contribution in [2.24, 2.45) is 5.73 Å². The molecule has 0 aromatic carbocycles. The molecular weight excluding hydrogens is 404 g/mol. The van der Waals surface area contributed by atoms with Gasteiger partial charge in [0.05, 0.1) is 18.0 Å². The van der Waals surface area contributed by atoms with E-state index in [0.717, 1.165) is 38.8 Å². The molecule has 30 heavy (non-hydrogen) atoms. The van der Waals surface area contributed by atoms with Gasteiger partial charge in [0.1, 0.15) is 11.4 Å². The Balaban J connectivity index is 1.54. The van der Waals surface area contributed by atoms with E-state index >= 15 is 0 Å². The standard InChI is InChI=1S/C20H35ClN8O/c1-3-20(2)7-15(28-6-4-5-13(22)11-28)14(9-25-20)26-19(30)16-17(23)27-29-10-12(21)8-24-18(16)29/h12-15,24-25H,3-11,22H2,1-2H3,(H2,23,27)(H,26,30). The first-order valence-corrected chi connectivity index (χ1v) is 11.5. The first kappa shape index (κ1) is 21.7. The van der Waals surface area contributed by atoms with Crippen molar-refractivity contribution < 1.29 is 4.79 Å². The molecule has 2 fully saturated rings. The van der Waals surface area contributed by atoms with Gasteiger partial charge in [0, 0.05) is 37.3 Å². The second-order valence-corrected chi connectivity index (χ2v) is 9.93. The molecule has 1 aromatic heterocycles. The normalized spacial score (nSPS) is 34.8. The zero-order chi connectivity index (χ0) is 21.5. The number of fused-ring (bicyclic) bond motifs is 1. The lowest BCUT2D eigenvalue weighted by molar-refractivity contribution is 0.0553. The summed E-state index contributed by atoms with van der Waals surface area (Å²) < 4.78 is 1.69. The Bertz CT molecular complexity index is 785. The third kappa shape index (κ3) is 4.26. The van der Waals surface area contributed by atoms with Crippen molar-refractivity contribution in [3.8, 4) is 0 Å². The van der Waals surface area contributed by atoms with E-state index in [2.05, 4.69) is 39.8 Å². The fourth-order valence-corrected chi connectivity index (χ4v) is 5.23. The fraction of sp³-hybridized carbons (Fsp3) is 0.800. The van der Waals surface area contributed by atoms with Crippen LogP contribution in [0, 0.1) is 0 Å². The van der Waals surface area contributed by atoms with Gasteiger partial charge in [-0.15, -0.1) is 11.6 Å². The molecule has 3 aliphatic heterocycles. The summed E-state index contributed by atoms with van der Waals surface area (Å²) in [6.45, 7) is 8.21. The highest BCUT2D eigenvalue weighted by Gasteiger charge is 2.41. The summed E-state index contributed by atoms with van der Waals surface area (Å²) in [7, 11) is 0. The zero-order valence-corrected chi connectivity index (χ0v) is 18.7. The zero-order valence-electron chi connectivity index (χ0n) is 18.0. The summed E-state index contributed by atoms with van der Waals surface area (Å²) in [5.74, 6) is 0.701. The summed E-state index contributed by atoms with van der Waals surface area (Å²) in [5.41, 5.74) is 12.9. The van der Waals surface area contributed by atoms with E-state index in [0.29, 0.717) is 31.0 Å². The van der Waals surface area contributed by atoms with Crippen LogP contribution in [0.2, 0.25) is 0 Å². The molecule has 0 bridgehead atoms. The quantitative estimate of drug-likeness (QED) is 0.434. The molecule has 4 rings (SSSR count). The number of nitrogens with one attached hydrogen (secondary N) is 3. The van der Waals surface area contributed by atoms with Crippen molar-refractivity contribution in [1.29, 1.82) is 0 Å². The highest BCUT2D eigenvalue weighted by atomic mass is 35.5. The van der Waals surface area contributed by atoms with E-state index in [1.165, 1.54) is 0 Å². The molecule has 0 aliphatic carbocycles. The maximum Gasteiger partial charge on any atom is 0.259 e. The average molecular weight is 439 g/mol. The minimum Gasteiger partial charge on any atom is -0.381 e. The minimum atomic E-state index is -0.188. The second kappa shape index (κ2) is 8.53. The van der Waals surface area contributed by atoms with Crippen LogP contribution in [0.25, 0.3) is 0 Å². The molecule has 0 radical (unpaired) electrons. The Morgan fingerprint density at radius 3 is 2.93 bits per heavy atom. The summed E-state index contributed by atoms with van der Waals surface area (Å²) >= 11 is 6.21. The molecule has 4 heterocycles. The van der Waals surface area contributed by atoms with Crippen LogP contribution < -0.4 is 27.4 Å². The topological polar surface area (TPSA) is 126 Å². The Hall–Kier alpha value is -1.55. The van der Waals surface area contributed by atoms with Crippen LogP contribution in [0.1, 0.15) is 49.9 Å². The number of carbonyl (C=O) groups is 1. The molecule has 2 saturated heterocycles. The molecule has 1 amide bonds. The van der Waals surface area contributed by atoms with Gasteiger partial charge < -0.3 is 27.4 Å². The number of alkyl halides is 1. The summed E-state index contributed by atoms with van der Waals surface area (Å²) in [5, 5.41) is 14.4. The van der Waals surface area contributed by atoms with Crippen molar-refractivity contribution in [2.45, 2.75) is 75.1 Å². The van der Waals surface area contributed by atoms with E-state index in [4.69, 9.17) is 23.1 Å². The van der Waals surface area contributed by atoms with Crippen LogP contribution in [0.3, 0.4) is 0 Å². The first-order chi connectivity index (χ1) is 14.3. The number of anilines is 2. The molecule has 7 N–H and O–H groups in total. The van der Waals surface area contributed by atoms with Crippen LogP contribution in [0.4, 0.5) is 11.6 Å². The molecule has 168 valence electrons. The van der Waals surface area contributed by atoms with Crippen molar-refractivity contribution in [1.82, 2.24) is 25.3 Å². The largest absolute Gasteiger partial charge is 0.381 e. The lowest BCUT2D eigenvalue weighted by Gasteiger charge is -2.49. The number of nitrogen functional groups attached to an aromatic ring is 1. The smallest absolute Gasteiger partial charge is 0.259 e. The van der Waals surface area contributed by atoms with Crippen LogP contribution >= 0.6 is 11.6 Å². The summed E-state index contributed by atoms with van der Waals surface area (Å²) in [6, 6.07) is 0.407. The van der Waals surface area contributed by atoms with E-state index in [9.17, 15) is 4.79 Å². The molecule has 1 aromatic rings. The van der Waals surface area contributed by atoms with Gasteiger partial charge in [-0.2, -0.15) is 5.10 Å². The molecule has 0 spiro atoms. The van der Waals surface area contributed by atoms with Gasteiger partial charge in [-0.25, -0.2) is 4.68 Å².